The summed E-state index contributed by atoms with van der Waals surface area (Å²) in [6.07, 6.45) is 0. The molecule has 27 heavy (non-hydrogen) atoms. The molecule has 0 radical (unpaired) electrons. The van der Waals surface area contributed by atoms with E-state index in [1.807, 2.05) is 0 Å². The third-order valence-electron chi connectivity index (χ3n) is 3.24. The molecule has 0 saturated carbocycles. The Labute approximate surface area is 166 Å². The van der Waals surface area contributed by atoms with E-state index < -0.39 is 17.7 Å². The van der Waals surface area contributed by atoms with Crippen molar-refractivity contribution in [2.24, 2.45) is 0 Å². The molecule has 6 nitrogen and oxygen atoms in total. The summed E-state index contributed by atoms with van der Waals surface area (Å²) in [5.74, 6) is -4.26. The minimum atomic E-state index is -2.49. The number of hydrogen-bond acceptors (Lipinski definition) is 6. The Balaban J connectivity index is 2.49. The first kappa shape index (κ1) is 20.9. The van der Waals surface area contributed by atoms with Gasteiger partial charge in [0.25, 0.3) is 0 Å². The molecule has 0 amide bonds. The van der Waals surface area contributed by atoms with E-state index in [0.717, 1.165) is 0 Å². The van der Waals surface area contributed by atoms with Gasteiger partial charge in [-0.05, 0) is 62.4 Å². The van der Waals surface area contributed by atoms with Gasteiger partial charge in [-0.15, -0.1) is 0 Å². The van der Waals surface area contributed by atoms with E-state index in [0.29, 0.717) is 10.0 Å². The van der Waals surface area contributed by atoms with Crippen LogP contribution in [0.3, 0.4) is 0 Å². The smallest absolute Gasteiger partial charge is 0.453 e. The Morgan fingerprint density at radius 1 is 0.741 bits per heavy atom. The van der Waals surface area contributed by atoms with Crippen LogP contribution < -0.4 is 9.47 Å². The molecule has 0 fully saturated rings. The number of ether oxygens (including phenoxy) is 4. The summed E-state index contributed by atoms with van der Waals surface area (Å²) in [6, 6.07) is 12.1. The van der Waals surface area contributed by atoms with Gasteiger partial charge in [-0.1, -0.05) is 23.2 Å². The van der Waals surface area contributed by atoms with E-state index >= 15 is 0 Å². The van der Waals surface area contributed by atoms with Crippen molar-refractivity contribution in [1.82, 2.24) is 0 Å². The van der Waals surface area contributed by atoms with Gasteiger partial charge in [0.15, 0.2) is 0 Å². The summed E-state index contributed by atoms with van der Waals surface area (Å²) >= 11 is 11.7. The average molecular weight is 413 g/mol. The third kappa shape index (κ3) is 5.28. The second-order valence-electron chi connectivity index (χ2n) is 5.17. The van der Waals surface area contributed by atoms with Crippen LogP contribution in [0, 0.1) is 0 Å². The van der Waals surface area contributed by atoms with Gasteiger partial charge in [0.1, 0.15) is 11.5 Å². The number of halogens is 2. The van der Waals surface area contributed by atoms with E-state index in [9.17, 15) is 9.59 Å². The highest BCUT2D eigenvalue weighted by atomic mass is 35.5. The molecule has 2 aromatic rings. The standard InChI is InChI=1S/C19H18Cl2O6/c1-3-24-17(22)19(18(23)25-4-2,26-15-9-5-13(20)6-10-15)27-16-11-7-14(21)8-12-16/h5-12H,3-4H2,1-2H3. The lowest BCUT2D eigenvalue weighted by Gasteiger charge is -2.29. The number of hydrogen-bond donors (Lipinski definition) is 0. The van der Waals surface area contributed by atoms with Gasteiger partial charge in [0, 0.05) is 10.0 Å². The van der Waals surface area contributed by atoms with Crippen LogP contribution in [0.25, 0.3) is 0 Å². The molecule has 0 aliphatic rings. The summed E-state index contributed by atoms with van der Waals surface area (Å²) in [7, 11) is 0. The predicted molar refractivity (Wildman–Crippen MR) is 100 cm³/mol. The number of carbonyl (C=O) groups excluding carboxylic acids is 2. The van der Waals surface area contributed by atoms with Gasteiger partial charge < -0.3 is 18.9 Å². The summed E-state index contributed by atoms with van der Waals surface area (Å²) in [4.78, 5) is 25.4. The van der Waals surface area contributed by atoms with Crippen molar-refractivity contribution in [3.8, 4) is 11.5 Å². The van der Waals surface area contributed by atoms with E-state index in [4.69, 9.17) is 42.1 Å². The van der Waals surface area contributed by atoms with Gasteiger partial charge in [-0.3, -0.25) is 0 Å². The maximum absolute atomic E-state index is 12.7. The number of esters is 2. The van der Waals surface area contributed by atoms with Gasteiger partial charge in [0.2, 0.25) is 0 Å². The summed E-state index contributed by atoms with van der Waals surface area (Å²) in [5.41, 5.74) is 0. The van der Waals surface area contributed by atoms with Crippen molar-refractivity contribution in [3.05, 3.63) is 58.6 Å². The minimum absolute atomic E-state index is 0.00788. The molecule has 0 heterocycles. The van der Waals surface area contributed by atoms with Crippen LogP contribution in [0.4, 0.5) is 0 Å². The fourth-order valence-corrected chi connectivity index (χ4v) is 2.31. The highest BCUT2D eigenvalue weighted by Gasteiger charge is 2.56. The van der Waals surface area contributed by atoms with E-state index in [1.54, 1.807) is 38.1 Å². The molecule has 0 saturated heterocycles. The third-order valence-corrected chi connectivity index (χ3v) is 3.74. The van der Waals surface area contributed by atoms with Crippen LogP contribution >= 0.6 is 23.2 Å². The summed E-state index contributed by atoms with van der Waals surface area (Å²) < 4.78 is 21.4. The van der Waals surface area contributed by atoms with Gasteiger partial charge in [-0.2, -0.15) is 0 Å². The molecule has 2 aromatic carbocycles. The van der Waals surface area contributed by atoms with Gasteiger partial charge in [-0.25, -0.2) is 9.59 Å². The lowest BCUT2D eigenvalue weighted by molar-refractivity contribution is -0.209. The molecule has 0 spiro atoms. The van der Waals surface area contributed by atoms with Crippen molar-refractivity contribution in [2.75, 3.05) is 13.2 Å². The van der Waals surface area contributed by atoms with Crippen molar-refractivity contribution in [3.63, 3.8) is 0 Å². The maximum Gasteiger partial charge on any atom is 0.453 e. The first-order valence-corrected chi connectivity index (χ1v) is 8.90. The zero-order valence-electron chi connectivity index (χ0n) is 14.7. The lowest BCUT2D eigenvalue weighted by Crippen LogP contribution is -2.58. The van der Waals surface area contributed by atoms with E-state index in [1.165, 1.54) is 24.3 Å². The van der Waals surface area contributed by atoms with Crippen molar-refractivity contribution < 1.29 is 28.5 Å². The second-order valence-corrected chi connectivity index (χ2v) is 6.04. The Morgan fingerprint density at radius 3 is 1.37 bits per heavy atom. The largest absolute Gasteiger partial charge is 0.460 e. The van der Waals surface area contributed by atoms with Crippen LogP contribution in [-0.2, 0) is 19.1 Å². The lowest BCUT2D eigenvalue weighted by atomic mass is 10.2. The average Bonchev–Trinajstić information content (AvgIpc) is 2.65. The molecule has 0 N–H and O–H groups in total. The van der Waals surface area contributed by atoms with Crippen LogP contribution in [-0.4, -0.2) is 30.9 Å². The molecular weight excluding hydrogens is 395 g/mol. The quantitative estimate of drug-likeness (QED) is 0.366. The molecule has 0 atom stereocenters. The molecule has 0 bridgehead atoms. The Morgan fingerprint density at radius 2 is 1.07 bits per heavy atom. The SMILES string of the molecule is CCOC(=O)C(Oc1ccc(Cl)cc1)(Oc1ccc(Cl)cc1)C(=O)OCC. The van der Waals surface area contributed by atoms with Crippen LogP contribution in [0.15, 0.2) is 48.5 Å². The van der Waals surface area contributed by atoms with Crippen LogP contribution in [0.2, 0.25) is 10.0 Å². The zero-order valence-corrected chi connectivity index (χ0v) is 16.3. The Kier molecular flexibility index (Phi) is 7.33. The molecule has 8 heteroatoms. The highest BCUT2D eigenvalue weighted by Crippen LogP contribution is 2.28. The number of carbonyl (C=O) groups is 2. The first-order chi connectivity index (χ1) is 12.9. The first-order valence-electron chi connectivity index (χ1n) is 8.15. The van der Waals surface area contributed by atoms with Gasteiger partial charge in [0.05, 0.1) is 13.2 Å². The molecule has 144 valence electrons. The molecule has 0 aromatic heterocycles. The molecular formula is C19H18Cl2O6. The fourth-order valence-electron chi connectivity index (χ4n) is 2.06. The number of benzene rings is 2. The van der Waals surface area contributed by atoms with E-state index in [2.05, 4.69) is 0 Å². The van der Waals surface area contributed by atoms with Crippen LogP contribution in [0.1, 0.15) is 13.8 Å². The minimum Gasteiger partial charge on any atom is -0.460 e. The predicted octanol–water partition coefficient (Wildman–Crippen LogP) is 4.27. The fraction of sp³-hybridized carbons (Fsp3) is 0.263. The van der Waals surface area contributed by atoms with Crippen molar-refractivity contribution in [1.29, 1.82) is 0 Å². The van der Waals surface area contributed by atoms with Crippen LogP contribution in [0.5, 0.6) is 11.5 Å². The number of rotatable bonds is 8. The summed E-state index contributed by atoms with van der Waals surface area (Å²) in [5, 5.41) is 0.915. The Bertz CT molecular complexity index is 706. The maximum atomic E-state index is 12.7. The topological polar surface area (TPSA) is 71.1 Å². The van der Waals surface area contributed by atoms with E-state index in [-0.39, 0.29) is 24.7 Å². The Hall–Kier alpha value is -2.44. The van der Waals surface area contributed by atoms with Crippen molar-refractivity contribution in [2.45, 2.75) is 19.6 Å². The zero-order chi connectivity index (χ0) is 19.9. The second kappa shape index (κ2) is 9.48. The molecule has 0 aliphatic heterocycles. The monoisotopic (exact) mass is 412 g/mol. The van der Waals surface area contributed by atoms with Gasteiger partial charge >= 0.3 is 17.7 Å². The summed E-state index contributed by atoms with van der Waals surface area (Å²) in [6.45, 7) is 3.21. The normalized spacial score (nSPS) is 10.8. The molecule has 0 aliphatic carbocycles. The molecule has 0 unspecified atom stereocenters. The highest BCUT2D eigenvalue weighted by molar-refractivity contribution is 6.30. The molecule has 2 rings (SSSR count). The van der Waals surface area contributed by atoms with Crippen molar-refractivity contribution >= 4 is 35.1 Å².